The van der Waals surface area contributed by atoms with Crippen LogP contribution in [0.3, 0.4) is 0 Å². The van der Waals surface area contributed by atoms with E-state index in [4.69, 9.17) is 0 Å². The minimum absolute atomic E-state index is 0.00940. The number of benzene rings is 1. The molecule has 3 heterocycles. The Bertz CT molecular complexity index is 1730. The molecule has 2 aliphatic carbocycles. The normalized spacial score (nSPS) is 14.2. The van der Waals surface area contributed by atoms with Gasteiger partial charge in [-0.2, -0.15) is 5.10 Å². The highest BCUT2D eigenvalue weighted by atomic mass is 79.9. The van der Waals surface area contributed by atoms with Gasteiger partial charge in [-0.05, 0) is 96.8 Å². The van der Waals surface area contributed by atoms with Gasteiger partial charge in [0, 0.05) is 30.1 Å². The maximum absolute atomic E-state index is 13.6. The van der Waals surface area contributed by atoms with Crippen molar-refractivity contribution in [1.29, 1.82) is 0 Å². The van der Waals surface area contributed by atoms with E-state index in [0.717, 1.165) is 71.4 Å². The van der Waals surface area contributed by atoms with Gasteiger partial charge in [-0.1, -0.05) is 6.07 Å². The second kappa shape index (κ2) is 10.8. The number of aryl methyl sites for hydroxylation is 4. The zero-order valence-electron chi connectivity index (χ0n) is 23.2. The minimum atomic E-state index is -0.310. The van der Waals surface area contributed by atoms with Gasteiger partial charge in [-0.25, -0.2) is 15.0 Å². The van der Waals surface area contributed by atoms with E-state index in [9.17, 15) is 14.4 Å². The SMILES string of the molecule is CC(=O)c1nn(CC(=O)N(CC(=O)Nc2nc(Br)ccc2C)C2CC2)c2cc3c(cc12)-c1cnc(C)nc1CCC3. The van der Waals surface area contributed by atoms with E-state index in [1.165, 1.54) is 6.92 Å². The number of hydrogen-bond donors (Lipinski definition) is 1. The number of aromatic nitrogens is 5. The maximum Gasteiger partial charge on any atom is 0.245 e. The second-order valence-corrected chi connectivity index (χ2v) is 11.6. The monoisotopic (exact) mass is 615 g/mol. The van der Waals surface area contributed by atoms with Crippen LogP contribution >= 0.6 is 15.9 Å². The van der Waals surface area contributed by atoms with Gasteiger partial charge in [0.15, 0.2) is 5.78 Å². The fourth-order valence-corrected chi connectivity index (χ4v) is 5.77. The summed E-state index contributed by atoms with van der Waals surface area (Å²) in [5, 5.41) is 8.13. The molecule has 210 valence electrons. The first kappa shape index (κ1) is 27.2. The third-order valence-electron chi connectivity index (χ3n) is 7.67. The standard InChI is InChI=1S/C30H30BrN7O3/c1-16-7-10-26(31)34-30(16)35-27(40)14-37(20-8-9-20)28(41)15-38-25-11-19-5-4-6-24-23(13-32-18(3)33-24)21(19)12-22(25)29(36-38)17(2)39/h7,10-13,20H,4-6,8-9,14-15H2,1-3H3,(H,34,35,40). The lowest BCUT2D eigenvalue weighted by Crippen LogP contribution is -2.41. The van der Waals surface area contributed by atoms with Crippen LogP contribution in [0.4, 0.5) is 5.82 Å². The number of rotatable bonds is 7. The van der Waals surface area contributed by atoms with Crippen molar-refractivity contribution in [2.45, 2.75) is 65.5 Å². The van der Waals surface area contributed by atoms with Gasteiger partial charge in [-0.3, -0.25) is 19.1 Å². The van der Waals surface area contributed by atoms with Crippen LogP contribution in [0.5, 0.6) is 0 Å². The summed E-state index contributed by atoms with van der Waals surface area (Å²) in [6.07, 6.45) is 6.18. The molecule has 4 aromatic rings. The Labute approximate surface area is 245 Å². The lowest BCUT2D eigenvalue weighted by Gasteiger charge is -2.22. The van der Waals surface area contributed by atoms with Crippen molar-refractivity contribution in [2.24, 2.45) is 0 Å². The second-order valence-electron chi connectivity index (χ2n) is 10.8. The van der Waals surface area contributed by atoms with Crippen molar-refractivity contribution in [3.8, 4) is 11.1 Å². The zero-order valence-corrected chi connectivity index (χ0v) is 24.8. The van der Waals surface area contributed by atoms with E-state index in [0.29, 0.717) is 21.5 Å². The Morgan fingerprint density at radius 2 is 1.90 bits per heavy atom. The van der Waals surface area contributed by atoms with Crippen LogP contribution in [-0.4, -0.2) is 59.8 Å². The van der Waals surface area contributed by atoms with Gasteiger partial charge in [0.1, 0.15) is 35.0 Å². The first-order chi connectivity index (χ1) is 19.7. The molecule has 2 amide bonds. The van der Waals surface area contributed by atoms with Crippen LogP contribution in [0, 0.1) is 13.8 Å². The average molecular weight is 617 g/mol. The molecule has 0 bridgehead atoms. The van der Waals surface area contributed by atoms with Crippen LogP contribution in [0.25, 0.3) is 22.0 Å². The number of pyridine rings is 1. The predicted octanol–water partition coefficient (Wildman–Crippen LogP) is 4.59. The third kappa shape index (κ3) is 5.50. The zero-order chi connectivity index (χ0) is 28.8. The summed E-state index contributed by atoms with van der Waals surface area (Å²) in [6, 6.07) is 7.72. The van der Waals surface area contributed by atoms with Crippen LogP contribution in [0.15, 0.2) is 35.1 Å². The highest BCUT2D eigenvalue weighted by molar-refractivity contribution is 9.10. The molecule has 11 heteroatoms. The molecule has 0 atom stereocenters. The van der Waals surface area contributed by atoms with Crippen molar-refractivity contribution in [2.75, 3.05) is 11.9 Å². The molecule has 6 rings (SSSR count). The number of hydrogen-bond acceptors (Lipinski definition) is 7. The number of carbonyl (C=O) groups excluding carboxylic acids is 3. The van der Waals surface area contributed by atoms with E-state index in [1.54, 1.807) is 15.6 Å². The molecule has 0 aliphatic heterocycles. The predicted molar refractivity (Wildman–Crippen MR) is 158 cm³/mol. The van der Waals surface area contributed by atoms with Crippen LogP contribution in [-0.2, 0) is 29.0 Å². The number of fused-ring (bicyclic) bond motifs is 4. The van der Waals surface area contributed by atoms with E-state index < -0.39 is 0 Å². The molecule has 0 radical (unpaired) electrons. The number of nitrogens with one attached hydrogen (secondary N) is 1. The van der Waals surface area contributed by atoms with E-state index >= 15 is 0 Å². The van der Waals surface area contributed by atoms with Crippen molar-refractivity contribution in [3.63, 3.8) is 0 Å². The lowest BCUT2D eigenvalue weighted by atomic mass is 9.97. The molecule has 0 unspecified atom stereocenters. The number of carbonyl (C=O) groups is 3. The molecule has 41 heavy (non-hydrogen) atoms. The molecule has 1 aromatic carbocycles. The van der Waals surface area contributed by atoms with E-state index in [2.05, 4.69) is 41.3 Å². The molecule has 10 nitrogen and oxygen atoms in total. The van der Waals surface area contributed by atoms with Gasteiger partial charge in [0.05, 0.1) is 11.2 Å². The molecule has 2 aliphatic rings. The van der Waals surface area contributed by atoms with Crippen LogP contribution < -0.4 is 5.32 Å². The van der Waals surface area contributed by atoms with Crippen LogP contribution in [0.2, 0.25) is 0 Å². The summed E-state index contributed by atoms with van der Waals surface area (Å²) in [6.45, 7) is 5.08. The largest absolute Gasteiger partial charge is 0.329 e. The van der Waals surface area contributed by atoms with Crippen molar-refractivity contribution < 1.29 is 14.4 Å². The molecule has 1 fully saturated rings. The number of ketones is 1. The first-order valence-electron chi connectivity index (χ1n) is 13.8. The first-order valence-corrected chi connectivity index (χ1v) is 14.6. The van der Waals surface area contributed by atoms with Crippen molar-refractivity contribution in [3.05, 3.63) is 63.4 Å². The fourth-order valence-electron chi connectivity index (χ4n) is 5.46. The van der Waals surface area contributed by atoms with E-state index in [1.807, 2.05) is 38.2 Å². The molecule has 0 saturated heterocycles. The lowest BCUT2D eigenvalue weighted by molar-refractivity contribution is -0.135. The van der Waals surface area contributed by atoms with Gasteiger partial charge in [-0.15, -0.1) is 0 Å². The number of anilines is 1. The summed E-state index contributed by atoms with van der Waals surface area (Å²) in [7, 11) is 0. The third-order valence-corrected chi connectivity index (χ3v) is 8.12. The molecule has 1 saturated carbocycles. The quantitative estimate of drug-likeness (QED) is 0.238. The number of amides is 2. The minimum Gasteiger partial charge on any atom is -0.329 e. The summed E-state index contributed by atoms with van der Waals surface area (Å²) >= 11 is 3.33. The number of halogens is 1. The summed E-state index contributed by atoms with van der Waals surface area (Å²) < 4.78 is 2.23. The Morgan fingerprint density at radius 1 is 1.10 bits per heavy atom. The number of nitrogens with zero attached hydrogens (tertiary/aromatic N) is 6. The Balaban J connectivity index is 1.30. The number of Topliss-reactive ketones (excluding diaryl/α,β-unsaturated/α-hetero) is 1. The highest BCUT2D eigenvalue weighted by Gasteiger charge is 2.34. The Morgan fingerprint density at radius 3 is 2.66 bits per heavy atom. The molecular weight excluding hydrogens is 586 g/mol. The summed E-state index contributed by atoms with van der Waals surface area (Å²) in [5.41, 5.74) is 5.98. The molecular formula is C30H30BrN7O3. The van der Waals surface area contributed by atoms with Crippen molar-refractivity contribution >= 4 is 50.2 Å². The van der Waals surface area contributed by atoms with Gasteiger partial charge in [0.25, 0.3) is 0 Å². The average Bonchev–Trinajstić information content (AvgIpc) is 3.73. The van der Waals surface area contributed by atoms with Gasteiger partial charge >= 0.3 is 0 Å². The maximum atomic E-state index is 13.6. The Hall–Kier alpha value is -3.99. The fraction of sp³-hybridized carbons (Fsp3) is 0.367. The van der Waals surface area contributed by atoms with E-state index in [-0.39, 0.29) is 36.7 Å². The summed E-state index contributed by atoms with van der Waals surface area (Å²) in [4.78, 5) is 54.3. The molecule has 0 spiro atoms. The summed E-state index contributed by atoms with van der Waals surface area (Å²) in [5.74, 6) is 0.492. The van der Waals surface area contributed by atoms with Gasteiger partial charge < -0.3 is 10.2 Å². The molecule has 1 N–H and O–H groups in total. The molecule has 3 aromatic heterocycles. The van der Waals surface area contributed by atoms with Crippen LogP contribution in [0.1, 0.15) is 59.3 Å². The topological polar surface area (TPSA) is 123 Å². The Kier molecular flexibility index (Phi) is 7.14. The smallest absolute Gasteiger partial charge is 0.245 e. The highest BCUT2D eigenvalue weighted by Crippen LogP contribution is 2.36. The van der Waals surface area contributed by atoms with Gasteiger partial charge in [0.2, 0.25) is 11.8 Å². The van der Waals surface area contributed by atoms with Crippen molar-refractivity contribution in [1.82, 2.24) is 29.6 Å².